The highest BCUT2D eigenvalue weighted by molar-refractivity contribution is 5.66. The lowest BCUT2D eigenvalue weighted by Gasteiger charge is -2.61. The summed E-state index contributed by atoms with van der Waals surface area (Å²) in [6.45, 7) is 16.5. The normalized spacial score (nSPS) is 44.7. The van der Waals surface area contributed by atoms with Gasteiger partial charge in [-0.05, 0) is 122 Å². The molecule has 0 heterocycles. The number of hydrogen-bond acceptors (Lipinski definition) is 2. The highest BCUT2D eigenvalue weighted by Crippen LogP contribution is 2.68. The van der Waals surface area contributed by atoms with Crippen LogP contribution in [0.3, 0.4) is 0 Å². The number of ether oxygens (including phenoxy) is 1. The summed E-state index contributed by atoms with van der Waals surface area (Å²) in [6.07, 6.45) is 18.6. The highest BCUT2D eigenvalue weighted by Gasteiger charge is 2.60. The minimum Gasteiger partial charge on any atom is -0.463 e. The second-order valence-corrected chi connectivity index (χ2v) is 13.5. The molecule has 0 aromatic heterocycles. The van der Waals surface area contributed by atoms with Gasteiger partial charge in [-0.25, -0.2) is 0 Å². The quantitative estimate of drug-likeness (QED) is 0.296. The molecule has 4 aliphatic rings. The molecule has 0 saturated heterocycles. The van der Waals surface area contributed by atoms with Gasteiger partial charge in [0, 0.05) is 6.92 Å². The first-order valence-electron chi connectivity index (χ1n) is 14.5. The van der Waals surface area contributed by atoms with Crippen LogP contribution in [0, 0.1) is 58.2 Å². The third-order valence-corrected chi connectivity index (χ3v) is 11.6. The zero-order valence-corrected chi connectivity index (χ0v) is 22.7. The van der Waals surface area contributed by atoms with E-state index in [0.29, 0.717) is 16.7 Å². The van der Waals surface area contributed by atoms with Crippen molar-refractivity contribution in [3.8, 4) is 0 Å². The first kappa shape index (κ1) is 25.3. The summed E-state index contributed by atoms with van der Waals surface area (Å²) in [5.41, 5.74) is 0.999. The van der Waals surface area contributed by atoms with Crippen molar-refractivity contribution in [2.45, 2.75) is 119 Å². The van der Waals surface area contributed by atoms with Gasteiger partial charge in [0.25, 0.3) is 0 Å². The molecule has 0 amide bonds. The van der Waals surface area contributed by atoms with Crippen LogP contribution in [0.15, 0.2) is 12.2 Å². The molecule has 4 rings (SSSR count). The first-order chi connectivity index (χ1) is 15.6. The van der Waals surface area contributed by atoms with E-state index in [4.69, 9.17) is 4.74 Å². The van der Waals surface area contributed by atoms with Gasteiger partial charge in [-0.3, -0.25) is 4.79 Å². The molecule has 0 spiro atoms. The zero-order valence-electron chi connectivity index (χ0n) is 22.7. The maximum absolute atomic E-state index is 11.5. The average Bonchev–Trinajstić information content (AvgIpc) is 3.11. The second kappa shape index (κ2) is 9.69. The molecule has 0 N–H and O–H groups in total. The Morgan fingerprint density at radius 1 is 0.939 bits per heavy atom. The van der Waals surface area contributed by atoms with E-state index < -0.39 is 0 Å². The molecule has 0 radical (unpaired) electrons. The van der Waals surface area contributed by atoms with Gasteiger partial charge in [-0.2, -0.15) is 0 Å². The van der Waals surface area contributed by atoms with E-state index in [-0.39, 0.29) is 12.1 Å². The molecule has 2 nitrogen and oxygen atoms in total. The standard InChI is InChI=1S/C31H52O2/c1-8-23(20(2)3)10-9-21(4)27-13-14-28-26-12-11-24-19-25(33-22(5)32)15-17-30(24,6)29(26)16-18-31(27,28)7/h9-10,20-21,23-29H,8,11-19H2,1-7H3/b10-9-. The summed E-state index contributed by atoms with van der Waals surface area (Å²) in [7, 11) is 0. The van der Waals surface area contributed by atoms with Gasteiger partial charge in [-0.15, -0.1) is 0 Å². The Labute approximate surface area is 204 Å². The Bertz CT molecular complexity index is 724. The number of fused-ring (bicyclic) bond motifs is 5. The fourth-order valence-corrected chi connectivity index (χ4v) is 9.75. The summed E-state index contributed by atoms with van der Waals surface area (Å²) in [5, 5.41) is 0. The van der Waals surface area contributed by atoms with E-state index in [1.807, 2.05) is 0 Å². The highest BCUT2D eigenvalue weighted by atomic mass is 16.5. The average molecular weight is 457 g/mol. The summed E-state index contributed by atoms with van der Waals surface area (Å²) in [6, 6.07) is 0. The van der Waals surface area contributed by atoms with Gasteiger partial charge < -0.3 is 4.74 Å². The van der Waals surface area contributed by atoms with Crippen molar-refractivity contribution in [1.82, 2.24) is 0 Å². The first-order valence-corrected chi connectivity index (χ1v) is 14.5. The largest absolute Gasteiger partial charge is 0.463 e. The Morgan fingerprint density at radius 3 is 2.30 bits per heavy atom. The van der Waals surface area contributed by atoms with Crippen LogP contribution < -0.4 is 0 Å². The maximum Gasteiger partial charge on any atom is 0.302 e. The predicted molar refractivity (Wildman–Crippen MR) is 138 cm³/mol. The molecule has 4 aliphatic carbocycles. The SMILES string of the molecule is CCC(/C=C\C(C)C1CCC2C3CCC4CC(OC(C)=O)CCC4(C)C3CCC12C)C(C)C. The number of carbonyl (C=O) groups is 1. The minimum absolute atomic E-state index is 0.0930. The molecule has 33 heavy (non-hydrogen) atoms. The smallest absolute Gasteiger partial charge is 0.302 e. The van der Waals surface area contributed by atoms with E-state index in [1.165, 1.54) is 51.4 Å². The van der Waals surface area contributed by atoms with Crippen LogP contribution in [-0.4, -0.2) is 12.1 Å². The molecule has 2 heteroatoms. The topological polar surface area (TPSA) is 26.3 Å². The van der Waals surface area contributed by atoms with Crippen LogP contribution in [0.2, 0.25) is 0 Å². The lowest BCUT2D eigenvalue weighted by molar-refractivity contribution is -0.160. The number of carbonyl (C=O) groups excluding carboxylic acids is 1. The van der Waals surface area contributed by atoms with Gasteiger partial charge in [-0.1, -0.05) is 53.7 Å². The van der Waals surface area contributed by atoms with E-state index >= 15 is 0 Å². The van der Waals surface area contributed by atoms with Crippen LogP contribution in [-0.2, 0) is 9.53 Å². The fraction of sp³-hybridized carbons (Fsp3) is 0.903. The summed E-state index contributed by atoms with van der Waals surface area (Å²) < 4.78 is 5.66. The van der Waals surface area contributed by atoms with Gasteiger partial charge in [0.05, 0.1) is 0 Å². The van der Waals surface area contributed by atoms with Crippen molar-refractivity contribution >= 4 is 5.97 Å². The Kier molecular flexibility index (Phi) is 7.43. The lowest BCUT2D eigenvalue weighted by atomic mass is 9.44. The number of rotatable bonds is 6. The van der Waals surface area contributed by atoms with Gasteiger partial charge >= 0.3 is 5.97 Å². The van der Waals surface area contributed by atoms with Crippen molar-refractivity contribution < 1.29 is 9.53 Å². The van der Waals surface area contributed by atoms with Crippen molar-refractivity contribution in [1.29, 1.82) is 0 Å². The Morgan fingerprint density at radius 2 is 1.64 bits per heavy atom. The third kappa shape index (κ3) is 4.58. The molecule has 0 aromatic rings. The van der Waals surface area contributed by atoms with Crippen molar-refractivity contribution in [3.05, 3.63) is 12.2 Å². The van der Waals surface area contributed by atoms with Crippen molar-refractivity contribution in [2.75, 3.05) is 0 Å². The van der Waals surface area contributed by atoms with Crippen LogP contribution in [0.1, 0.15) is 113 Å². The second-order valence-electron chi connectivity index (χ2n) is 13.5. The van der Waals surface area contributed by atoms with Crippen molar-refractivity contribution in [3.63, 3.8) is 0 Å². The van der Waals surface area contributed by atoms with Gasteiger partial charge in [0.2, 0.25) is 0 Å². The molecule has 188 valence electrons. The molecule has 4 saturated carbocycles. The maximum atomic E-state index is 11.5. The van der Waals surface area contributed by atoms with Crippen LogP contribution in [0.25, 0.3) is 0 Å². The molecular formula is C31H52O2. The zero-order chi connectivity index (χ0) is 24.0. The minimum atomic E-state index is -0.0930. The summed E-state index contributed by atoms with van der Waals surface area (Å²) >= 11 is 0. The molecule has 4 fully saturated rings. The molecule has 10 unspecified atom stereocenters. The number of allylic oxidation sites excluding steroid dienone is 2. The summed E-state index contributed by atoms with van der Waals surface area (Å²) in [4.78, 5) is 11.5. The number of esters is 1. The van der Waals surface area contributed by atoms with Gasteiger partial charge in [0.1, 0.15) is 6.10 Å². The molecular weight excluding hydrogens is 404 g/mol. The third-order valence-electron chi connectivity index (χ3n) is 11.6. The molecule has 0 bridgehead atoms. The van der Waals surface area contributed by atoms with Crippen LogP contribution in [0.4, 0.5) is 0 Å². The predicted octanol–water partition coefficient (Wildman–Crippen LogP) is 8.45. The number of hydrogen-bond donors (Lipinski definition) is 0. The summed E-state index contributed by atoms with van der Waals surface area (Å²) in [5.74, 6) is 6.43. The van der Waals surface area contributed by atoms with E-state index in [2.05, 4.69) is 53.7 Å². The fourth-order valence-electron chi connectivity index (χ4n) is 9.75. The van der Waals surface area contributed by atoms with Crippen LogP contribution in [0.5, 0.6) is 0 Å². The molecule has 10 atom stereocenters. The monoisotopic (exact) mass is 456 g/mol. The van der Waals surface area contributed by atoms with E-state index in [9.17, 15) is 4.79 Å². The van der Waals surface area contributed by atoms with E-state index in [1.54, 1.807) is 6.92 Å². The molecule has 0 aliphatic heterocycles. The van der Waals surface area contributed by atoms with E-state index in [0.717, 1.165) is 54.3 Å². The van der Waals surface area contributed by atoms with Crippen LogP contribution >= 0.6 is 0 Å². The molecule has 0 aromatic carbocycles. The van der Waals surface area contributed by atoms with Crippen molar-refractivity contribution in [2.24, 2.45) is 58.2 Å². The lowest BCUT2D eigenvalue weighted by Crippen LogP contribution is -2.54. The Hall–Kier alpha value is -0.790. The van der Waals surface area contributed by atoms with Gasteiger partial charge in [0.15, 0.2) is 0 Å². The Balaban J connectivity index is 1.46.